The molecule has 0 saturated heterocycles. The van der Waals surface area contributed by atoms with Crippen molar-refractivity contribution in [1.29, 1.82) is 0 Å². The van der Waals surface area contributed by atoms with Crippen LogP contribution < -0.4 is 11.1 Å². The molecule has 1 aliphatic carbocycles. The van der Waals surface area contributed by atoms with Gasteiger partial charge in [-0.2, -0.15) is 0 Å². The van der Waals surface area contributed by atoms with Crippen LogP contribution in [0.5, 0.6) is 0 Å². The molecule has 3 nitrogen and oxygen atoms in total. The van der Waals surface area contributed by atoms with Crippen molar-refractivity contribution in [3.05, 3.63) is 35.6 Å². The van der Waals surface area contributed by atoms with Crippen molar-refractivity contribution in [2.24, 2.45) is 17.6 Å². The van der Waals surface area contributed by atoms with E-state index in [0.717, 1.165) is 37.7 Å². The van der Waals surface area contributed by atoms with Crippen LogP contribution in [-0.2, 0) is 11.2 Å². The van der Waals surface area contributed by atoms with Gasteiger partial charge in [-0.15, -0.1) is 0 Å². The number of amides is 1. The minimum Gasteiger partial charge on any atom is -0.353 e. The molecule has 0 radical (unpaired) electrons. The van der Waals surface area contributed by atoms with Gasteiger partial charge >= 0.3 is 0 Å². The molecule has 4 heteroatoms. The second-order valence-electron chi connectivity index (χ2n) is 6.81. The Morgan fingerprint density at radius 2 is 2.00 bits per heavy atom. The third kappa shape index (κ3) is 4.80. The lowest BCUT2D eigenvalue weighted by Gasteiger charge is -2.29. The van der Waals surface area contributed by atoms with Crippen LogP contribution in [-0.4, -0.2) is 18.0 Å². The van der Waals surface area contributed by atoms with Crippen LogP contribution in [0.2, 0.25) is 0 Å². The second kappa shape index (κ2) is 7.73. The van der Waals surface area contributed by atoms with Gasteiger partial charge in [-0.05, 0) is 49.3 Å². The highest BCUT2D eigenvalue weighted by Crippen LogP contribution is 2.24. The van der Waals surface area contributed by atoms with Crippen LogP contribution in [0.4, 0.5) is 4.39 Å². The second-order valence-corrected chi connectivity index (χ2v) is 6.81. The van der Waals surface area contributed by atoms with Gasteiger partial charge in [0.15, 0.2) is 0 Å². The number of hydrogen-bond acceptors (Lipinski definition) is 2. The normalized spacial score (nSPS) is 23.3. The molecule has 0 heterocycles. The fourth-order valence-electron chi connectivity index (χ4n) is 3.09. The Hall–Kier alpha value is -1.42. The highest BCUT2D eigenvalue weighted by atomic mass is 19.1. The summed E-state index contributed by atoms with van der Waals surface area (Å²) in [5.41, 5.74) is 7.02. The minimum atomic E-state index is -0.231. The molecule has 1 aromatic rings. The van der Waals surface area contributed by atoms with Crippen molar-refractivity contribution in [2.75, 3.05) is 0 Å². The van der Waals surface area contributed by atoms with Crippen molar-refractivity contribution < 1.29 is 9.18 Å². The Balaban J connectivity index is 1.96. The first-order chi connectivity index (χ1) is 10.5. The molecule has 2 rings (SSSR count). The average molecular weight is 306 g/mol. The zero-order valence-electron chi connectivity index (χ0n) is 13.5. The number of carbonyl (C=O) groups is 1. The summed E-state index contributed by atoms with van der Waals surface area (Å²) in [5.74, 6) is 0.255. The number of nitrogens with one attached hydrogen (secondary N) is 1. The largest absolute Gasteiger partial charge is 0.353 e. The van der Waals surface area contributed by atoms with E-state index in [0.29, 0.717) is 5.92 Å². The van der Waals surface area contributed by atoms with Crippen LogP contribution in [0, 0.1) is 17.7 Å². The number of nitrogens with two attached hydrogens (primary N) is 1. The van der Waals surface area contributed by atoms with Gasteiger partial charge in [0.25, 0.3) is 0 Å². The summed E-state index contributed by atoms with van der Waals surface area (Å²) in [6.45, 7) is 4.20. The van der Waals surface area contributed by atoms with Crippen molar-refractivity contribution in [3.8, 4) is 0 Å². The average Bonchev–Trinajstić information content (AvgIpc) is 2.48. The van der Waals surface area contributed by atoms with Gasteiger partial charge < -0.3 is 11.1 Å². The zero-order valence-corrected chi connectivity index (χ0v) is 13.5. The summed E-state index contributed by atoms with van der Waals surface area (Å²) in [7, 11) is 0. The molecule has 122 valence electrons. The zero-order chi connectivity index (χ0) is 16.1. The summed E-state index contributed by atoms with van der Waals surface area (Å²) in [6, 6.07) is 6.72. The standard InChI is InChI=1S/C18H27FN2O/c1-12(2)17(10-13-6-8-15(19)9-7-13)21-18(22)14-4-3-5-16(20)11-14/h6-9,12,14,16-17H,3-5,10-11,20H2,1-2H3,(H,21,22). The van der Waals surface area contributed by atoms with E-state index in [1.165, 1.54) is 12.1 Å². The molecule has 22 heavy (non-hydrogen) atoms. The summed E-state index contributed by atoms with van der Waals surface area (Å²) in [4.78, 5) is 12.5. The highest BCUT2D eigenvalue weighted by Gasteiger charge is 2.27. The molecular formula is C18H27FN2O. The summed E-state index contributed by atoms with van der Waals surface area (Å²) in [5, 5.41) is 3.18. The van der Waals surface area contributed by atoms with Crippen LogP contribution in [0.1, 0.15) is 45.1 Å². The Bertz CT molecular complexity index is 486. The maximum Gasteiger partial charge on any atom is 0.223 e. The van der Waals surface area contributed by atoms with Crippen molar-refractivity contribution in [3.63, 3.8) is 0 Å². The van der Waals surface area contributed by atoms with Gasteiger partial charge in [0, 0.05) is 18.0 Å². The molecule has 0 spiro atoms. The molecule has 0 aromatic heterocycles. The van der Waals surface area contributed by atoms with Crippen molar-refractivity contribution >= 4 is 5.91 Å². The van der Waals surface area contributed by atoms with Crippen LogP contribution in [0.25, 0.3) is 0 Å². The lowest BCUT2D eigenvalue weighted by atomic mass is 9.85. The molecule has 3 unspecified atom stereocenters. The molecule has 0 aliphatic heterocycles. The number of rotatable bonds is 5. The minimum absolute atomic E-state index is 0.0400. The first-order valence-corrected chi connectivity index (χ1v) is 8.26. The summed E-state index contributed by atoms with van der Waals surface area (Å²) >= 11 is 0. The molecule has 3 N–H and O–H groups in total. The lowest BCUT2D eigenvalue weighted by molar-refractivity contribution is -0.127. The molecule has 1 fully saturated rings. The molecule has 3 atom stereocenters. The van der Waals surface area contributed by atoms with Gasteiger partial charge in [-0.1, -0.05) is 32.4 Å². The van der Waals surface area contributed by atoms with Gasteiger partial charge in [0.2, 0.25) is 5.91 Å². The SMILES string of the molecule is CC(C)C(Cc1ccc(F)cc1)NC(=O)C1CCCC(N)C1. The topological polar surface area (TPSA) is 55.1 Å². The number of halogens is 1. The van der Waals surface area contributed by atoms with E-state index < -0.39 is 0 Å². The van der Waals surface area contributed by atoms with E-state index in [9.17, 15) is 9.18 Å². The third-order valence-corrected chi connectivity index (χ3v) is 4.59. The fraction of sp³-hybridized carbons (Fsp3) is 0.611. The van der Waals surface area contributed by atoms with Crippen LogP contribution >= 0.6 is 0 Å². The Kier molecular flexibility index (Phi) is 5.95. The maximum absolute atomic E-state index is 13.0. The monoisotopic (exact) mass is 306 g/mol. The predicted molar refractivity (Wildman–Crippen MR) is 86.8 cm³/mol. The van der Waals surface area contributed by atoms with Crippen LogP contribution in [0.15, 0.2) is 24.3 Å². The third-order valence-electron chi connectivity index (χ3n) is 4.59. The lowest BCUT2D eigenvalue weighted by Crippen LogP contribution is -2.45. The van der Waals surface area contributed by atoms with Gasteiger partial charge in [-0.25, -0.2) is 4.39 Å². The van der Waals surface area contributed by atoms with Gasteiger partial charge in [-0.3, -0.25) is 4.79 Å². The first kappa shape index (κ1) is 16.9. The van der Waals surface area contributed by atoms with E-state index in [4.69, 9.17) is 5.73 Å². The summed E-state index contributed by atoms with van der Waals surface area (Å²) < 4.78 is 13.0. The molecule has 1 saturated carbocycles. The molecule has 1 amide bonds. The van der Waals surface area contributed by atoms with Gasteiger partial charge in [0.1, 0.15) is 5.82 Å². The number of hydrogen-bond donors (Lipinski definition) is 2. The van der Waals surface area contributed by atoms with Crippen molar-refractivity contribution in [2.45, 2.75) is 58.0 Å². The number of benzene rings is 1. The van der Waals surface area contributed by atoms with E-state index >= 15 is 0 Å². The van der Waals surface area contributed by atoms with E-state index in [1.54, 1.807) is 12.1 Å². The Morgan fingerprint density at radius 1 is 1.32 bits per heavy atom. The van der Waals surface area contributed by atoms with E-state index in [-0.39, 0.29) is 29.7 Å². The number of carbonyl (C=O) groups excluding carboxylic acids is 1. The summed E-state index contributed by atoms with van der Waals surface area (Å²) in [6.07, 6.45) is 4.49. The predicted octanol–water partition coefficient (Wildman–Crippen LogP) is 3.03. The first-order valence-electron chi connectivity index (χ1n) is 8.26. The Morgan fingerprint density at radius 3 is 2.59 bits per heavy atom. The molecule has 1 aliphatic rings. The quantitative estimate of drug-likeness (QED) is 0.878. The molecular weight excluding hydrogens is 279 g/mol. The van der Waals surface area contributed by atoms with Gasteiger partial charge in [0.05, 0.1) is 0 Å². The maximum atomic E-state index is 13.0. The van der Waals surface area contributed by atoms with E-state index in [2.05, 4.69) is 19.2 Å². The highest BCUT2D eigenvalue weighted by molar-refractivity contribution is 5.79. The Labute approximate surface area is 132 Å². The molecule has 1 aromatic carbocycles. The smallest absolute Gasteiger partial charge is 0.223 e. The van der Waals surface area contributed by atoms with Crippen molar-refractivity contribution in [1.82, 2.24) is 5.32 Å². The fourth-order valence-corrected chi connectivity index (χ4v) is 3.09. The van der Waals surface area contributed by atoms with Crippen LogP contribution in [0.3, 0.4) is 0 Å². The molecule has 0 bridgehead atoms. The van der Waals surface area contributed by atoms with E-state index in [1.807, 2.05) is 0 Å².